The zero-order valence-corrected chi connectivity index (χ0v) is 17.4. The SMILES string of the molecule is CC(=O)c1ccc(/C(N)=C(\C)c2ccc3c(c2)C(C)(C)CCC3(C)C)cc1. The molecule has 0 heterocycles. The lowest BCUT2D eigenvalue weighted by molar-refractivity contribution is 0.101. The molecule has 2 heteroatoms. The average Bonchev–Trinajstić information content (AvgIpc) is 2.64. The minimum atomic E-state index is 0.0698. The summed E-state index contributed by atoms with van der Waals surface area (Å²) in [4.78, 5) is 11.5. The highest BCUT2D eigenvalue weighted by atomic mass is 16.1. The summed E-state index contributed by atoms with van der Waals surface area (Å²) in [6.45, 7) is 13.0. The van der Waals surface area contributed by atoms with Gasteiger partial charge in [-0.3, -0.25) is 4.79 Å². The molecule has 0 atom stereocenters. The number of allylic oxidation sites excluding steroid dienone is 1. The van der Waals surface area contributed by atoms with E-state index in [0.717, 1.165) is 16.8 Å². The molecule has 2 nitrogen and oxygen atoms in total. The van der Waals surface area contributed by atoms with Crippen molar-refractivity contribution in [1.29, 1.82) is 0 Å². The molecule has 2 N–H and O–H groups in total. The van der Waals surface area contributed by atoms with Crippen LogP contribution in [0.1, 0.15) is 87.0 Å². The van der Waals surface area contributed by atoms with Crippen LogP contribution in [-0.4, -0.2) is 5.78 Å². The zero-order valence-electron chi connectivity index (χ0n) is 17.4. The van der Waals surface area contributed by atoms with Crippen molar-refractivity contribution < 1.29 is 4.79 Å². The third kappa shape index (κ3) is 3.58. The lowest BCUT2D eigenvalue weighted by Crippen LogP contribution is -2.33. The summed E-state index contributed by atoms with van der Waals surface area (Å²) in [6, 6.07) is 14.4. The Morgan fingerprint density at radius 1 is 0.778 bits per heavy atom. The maximum atomic E-state index is 11.5. The van der Waals surface area contributed by atoms with Crippen LogP contribution < -0.4 is 5.73 Å². The van der Waals surface area contributed by atoms with E-state index in [4.69, 9.17) is 5.73 Å². The van der Waals surface area contributed by atoms with Gasteiger partial charge in [-0.1, -0.05) is 70.2 Å². The van der Waals surface area contributed by atoms with Crippen LogP contribution in [-0.2, 0) is 10.8 Å². The molecule has 0 saturated heterocycles. The summed E-state index contributed by atoms with van der Waals surface area (Å²) < 4.78 is 0. The Labute approximate surface area is 163 Å². The topological polar surface area (TPSA) is 43.1 Å². The number of ketones is 1. The quantitative estimate of drug-likeness (QED) is 0.531. The van der Waals surface area contributed by atoms with Crippen molar-refractivity contribution in [2.75, 3.05) is 0 Å². The van der Waals surface area contributed by atoms with Gasteiger partial charge in [0.15, 0.2) is 5.78 Å². The van der Waals surface area contributed by atoms with Gasteiger partial charge < -0.3 is 5.73 Å². The number of hydrogen-bond acceptors (Lipinski definition) is 2. The normalized spacial score (nSPS) is 18.4. The summed E-state index contributed by atoms with van der Waals surface area (Å²) >= 11 is 0. The van der Waals surface area contributed by atoms with Crippen molar-refractivity contribution in [1.82, 2.24) is 0 Å². The Morgan fingerprint density at radius 3 is 1.81 bits per heavy atom. The van der Waals surface area contributed by atoms with Crippen LogP contribution in [0.15, 0.2) is 42.5 Å². The number of Topliss-reactive ketones (excluding diaryl/α,β-unsaturated/α-hetero) is 1. The Balaban J connectivity index is 2.05. The Hall–Kier alpha value is -2.35. The molecule has 3 rings (SSSR count). The van der Waals surface area contributed by atoms with Gasteiger partial charge in [-0.05, 0) is 65.3 Å². The minimum absolute atomic E-state index is 0.0698. The number of fused-ring (bicyclic) bond motifs is 1. The van der Waals surface area contributed by atoms with E-state index < -0.39 is 0 Å². The van der Waals surface area contributed by atoms with Gasteiger partial charge in [0.1, 0.15) is 0 Å². The van der Waals surface area contributed by atoms with Crippen LogP contribution in [0.4, 0.5) is 0 Å². The summed E-state index contributed by atoms with van der Waals surface area (Å²) in [5, 5.41) is 0. The number of benzene rings is 2. The van der Waals surface area contributed by atoms with E-state index in [9.17, 15) is 4.79 Å². The van der Waals surface area contributed by atoms with E-state index in [-0.39, 0.29) is 16.6 Å². The Morgan fingerprint density at radius 2 is 1.26 bits per heavy atom. The van der Waals surface area contributed by atoms with Crippen molar-refractivity contribution in [3.63, 3.8) is 0 Å². The van der Waals surface area contributed by atoms with Crippen molar-refractivity contribution in [3.8, 4) is 0 Å². The van der Waals surface area contributed by atoms with Crippen molar-refractivity contribution in [2.45, 2.75) is 65.2 Å². The highest BCUT2D eigenvalue weighted by molar-refractivity contribution is 5.95. The van der Waals surface area contributed by atoms with Gasteiger partial charge >= 0.3 is 0 Å². The van der Waals surface area contributed by atoms with Crippen molar-refractivity contribution >= 4 is 17.1 Å². The standard InChI is InChI=1S/C25H31NO/c1-16(23(26)19-9-7-18(8-10-19)17(2)27)20-11-12-21-22(15-20)25(5,6)14-13-24(21,3)4/h7-12,15H,13-14,26H2,1-6H3/b23-16-. The number of hydrogen-bond donors (Lipinski definition) is 1. The molecule has 0 saturated carbocycles. The monoisotopic (exact) mass is 361 g/mol. The maximum Gasteiger partial charge on any atom is 0.159 e. The first-order valence-corrected chi connectivity index (χ1v) is 9.76. The van der Waals surface area contributed by atoms with Gasteiger partial charge in [0.05, 0.1) is 0 Å². The van der Waals surface area contributed by atoms with Crippen LogP contribution in [0.5, 0.6) is 0 Å². The molecule has 0 spiro atoms. The predicted molar refractivity (Wildman–Crippen MR) is 115 cm³/mol. The molecule has 27 heavy (non-hydrogen) atoms. The van der Waals surface area contributed by atoms with Gasteiger partial charge in [-0.15, -0.1) is 0 Å². The summed E-state index contributed by atoms with van der Waals surface area (Å²) in [5.41, 5.74) is 14.5. The van der Waals surface area contributed by atoms with Gasteiger partial charge in [0, 0.05) is 11.3 Å². The molecule has 1 aliphatic carbocycles. The highest BCUT2D eigenvalue weighted by Crippen LogP contribution is 2.46. The smallest absolute Gasteiger partial charge is 0.159 e. The lowest BCUT2D eigenvalue weighted by Gasteiger charge is -2.42. The first-order valence-electron chi connectivity index (χ1n) is 9.76. The van der Waals surface area contributed by atoms with E-state index in [2.05, 4.69) is 52.8 Å². The van der Waals surface area contributed by atoms with Gasteiger partial charge in [0.25, 0.3) is 0 Å². The predicted octanol–water partition coefficient (Wildman–Crippen LogP) is 6.09. The Kier molecular flexibility index (Phi) is 4.80. The molecule has 0 unspecified atom stereocenters. The molecule has 0 bridgehead atoms. The van der Waals surface area contributed by atoms with E-state index in [1.165, 1.54) is 29.5 Å². The van der Waals surface area contributed by atoms with Gasteiger partial charge in [-0.25, -0.2) is 0 Å². The molecular formula is C25H31NO. The number of carbonyl (C=O) groups is 1. The molecule has 0 amide bonds. The molecule has 0 radical (unpaired) electrons. The van der Waals surface area contributed by atoms with Crippen LogP contribution in [0.3, 0.4) is 0 Å². The Bertz CT molecular complexity index is 914. The maximum absolute atomic E-state index is 11.5. The van der Waals surface area contributed by atoms with E-state index in [1.807, 2.05) is 24.3 Å². The van der Waals surface area contributed by atoms with Crippen molar-refractivity contribution in [3.05, 3.63) is 70.3 Å². The third-order valence-electron chi connectivity index (χ3n) is 6.29. The third-order valence-corrected chi connectivity index (χ3v) is 6.29. The molecule has 0 aliphatic heterocycles. The molecule has 142 valence electrons. The largest absolute Gasteiger partial charge is 0.398 e. The summed E-state index contributed by atoms with van der Waals surface area (Å²) in [6.07, 6.45) is 2.41. The molecular weight excluding hydrogens is 330 g/mol. The first-order chi connectivity index (χ1) is 12.5. The number of rotatable bonds is 3. The highest BCUT2D eigenvalue weighted by Gasteiger charge is 2.37. The summed E-state index contributed by atoms with van der Waals surface area (Å²) in [5.74, 6) is 0.0698. The molecule has 1 aliphatic rings. The fourth-order valence-corrected chi connectivity index (χ4v) is 4.08. The van der Waals surface area contributed by atoms with Gasteiger partial charge in [0.2, 0.25) is 0 Å². The van der Waals surface area contributed by atoms with E-state index in [0.29, 0.717) is 5.56 Å². The van der Waals surface area contributed by atoms with Crippen LogP contribution in [0, 0.1) is 0 Å². The number of carbonyl (C=O) groups excluding carboxylic acids is 1. The fraction of sp³-hybridized carbons (Fsp3) is 0.400. The second kappa shape index (κ2) is 6.67. The lowest BCUT2D eigenvalue weighted by atomic mass is 9.63. The van der Waals surface area contributed by atoms with Crippen LogP contribution >= 0.6 is 0 Å². The van der Waals surface area contributed by atoms with Crippen LogP contribution in [0.25, 0.3) is 11.3 Å². The van der Waals surface area contributed by atoms with E-state index in [1.54, 1.807) is 6.92 Å². The van der Waals surface area contributed by atoms with E-state index >= 15 is 0 Å². The van der Waals surface area contributed by atoms with Gasteiger partial charge in [-0.2, -0.15) is 0 Å². The second-order valence-corrected chi connectivity index (χ2v) is 9.20. The average molecular weight is 362 g/mol. The molecule has 2 aromatic rings. The van der Waals surface area contributed by atoms with Crippen molar-refractivity contribution in [2.24, 2.45) is 5.73 Å². The summed E-state index contributed by atoms with van der Waals surface area (Å²) in [7, 11) is 0. The molecule has 0 fully saturated rings. The zero-order chi connectivity index (χ0) is 20.0. The van der Waals surface area contributed by atoms with Crippen LogP contribution in [0.2, 0.25) is 0 Å². The molecule has 2 aromatic carbocycles. The fourth-order valence-electron chi connectivity index (χ4n) is 4.08. The first kappa shape index (κ1) is 19.4. The molecule has 0 aromatic heterocycles. The minimum Gasteiger partial charge on any atom is -0.398 e. The second-order valence-electron chi connectivity index (χ2n) is 9.20. The number of nitrogens with two attached hydrogens (primary N) is 1.